The number of hydrazine groups is 1. The molecule has 0 saturated heterocycles. The summed E-state index contributed by atoms with van der Waals surface area (Å²) in [6, 6.07) is 8.91. The van der Waals surface area contributed by atoms with Crippen LogP contribution in [0.3, 0.4) is 0 Å². The zero-order chi connectivity index (χ0) is 13.4. The molecule has 3 rings (SSSR count). The second kappa shape index (κ2) is 5.66. The molecule has 0 bridgehead atoms. The number of nitrogens with two attached hydrogens (primary N) is 1. The molecule has 5 heteroatoms. The zero-order valence-corrected chi connectivity index (χ0v) is 14.2. The van der Waals surface area contributed by atoms with Crippen LogP contribution in [0.1, 0.15) is 34.0 Å². The van der Waals surface area contributed by atoms with Gasteiger partial charge in [0, 0.05) is 9.35 Å². The third kappa shape index (κ3) is 2.67. The summed E-state index contributed by atoms with van der Waals surface area (Å²) in [6.45, 7) is 0. The maximum Gasteiger partial charge on any atom is 0.0843 e. The zero-order valence-electron chi connectivity index (χ0n) is 10.2. The predicted octanol–water partition coefficient (Wildman–Crippen LogP) is 4.31. The Hall–Kier alpha value is -0.200. The lowest BCUT2D eigenvalue weighted by Crippen LogP contribution is -2.28. The Labute approximate surface area is 133 Å². The number of hydrogen-bond acceptors (Lipinski definition) is 3. The monoisotopic (exact) mass is 400 g/mol. The molecule has 2 aromatic rings. The van der Waals surface area contributed by atoms with Crippen molar-refractivity contribution in [2.75, 3.05) is 0 Å². The number of benzene rings is 1. The van der Waals surface area contributed by atoms with Gasteiger partial charge in [0.2, 0.25) is 0 Å². The lowest BCUT2D eigenvalue weighted by atomic mass is 10.0. The van der Waals surface area contributed by atoms with Gasteiger partial charge in [0.15, 0.2) is 0 Å². The van der Waals surface area contributed by atoms with Gasteiger partial charge in [0.1, 0.15) is 0 Å². The number of aryl methyl sites for hydroxylation is 2. The van der Waals surface area contributed by atoms with Crippen molar-refractivity contribution in [3.63, 3.8) is 0 Å². The molecule has 1 aromatic carbocycles. The van der Waals surface area contributed by atoms with Crippen molar-refractivity contribution in [1.29, 1.82) is 0 Å². The van der Waals surface area contributed by atoms with Crippen molar-refractivity contribution in [2.45, 2.75) is 25.3 Å². The summed E-state index contributed by atoms with van der Waals surface area (Å²) in [5.74, 6) is 5.77. The van der Waals surface area contributed by atoms with Gasteiger partial charge in [-0.2, -0.15) is 0 Å². The highest BCUT2D eigenvalue weighted by Crippen LogP contribution is 2.38. The third-order valence-electron chi connectivity index (χ3n) is 3.57. The number of hydrogen-bond donors (Lipinski definition) is 2. The fourth-order valence-corrected chi connectivity index (χ4v) is 4.80. The molecule has 19 heavy (non-hydrogen) atoms. The second-order valence-electron chi connectivity index (χ2n) is 4.75. The second-order valence-corrected chi connectivity index (χ2v) is 8.01. The Morgan fingerprint density at radius 1 is 1.16 bits per heavy atom. The van der Waals surface area contributed by atoms with Gasteiger partial charge >= 0.3 is 0 Å². The summed E-state index contributed by atoms with van der Waals surface area (Å²) in [5, 5.41) is 0. The highest BCUT2D eigenvalue weighted by molar-refractivity contribution is 9.13. The van der Waals surface area contributed by atoms with Gasteiger partial charge < -0.3 is 0 Å². The van der Waals surface area contributed by atoms with Crippen molar-refractivity contribution in [2.24, 2.45) is 5.84 Å². The summed E-state index contributed by atoms with van der Waals surface area (Å²) in [6.07, 6.45) is 3.68. The van der Waals surface area contributed by atoms with Gasteiger partial charge in [0.25, 0.3) is 0 Å². The van der Waals surface area contributed by atoms with Crippen LogP contribution in [0.25, 0.3) is 0 Å². The Bertz CT molecular complexity index is 590. The van der Waals surface area contributed by atoms with Crippen LogP contribution in [0.4, 0.5) is 0 Å². The largest absolute Gasteiger partial charge is 0.271 e. The van der Waals surface area contributed by atoms with Crippen LogP contribution in [-0.4, -0.2) is 0 Å². The topological polar surface area (TPSA) is 38.0 Å². The van der Waals surface area contributed by atoms with E-state index in [2.05, 4.69) is 61.6 Å². The Morgan fingerprint density at radius 3 is 2.63 bits per heavy atom. The average molecular weight is 402 g/mol. The molecule has 1 heterocycles. The van der Waals surface area contributed by atoms with E-state index in [1.807, 2.05) is 0 Å². The van der Waals surface area contributed by atoms with Crippen LogP contribution in [0.15, 0.2) is 32.5 Å². The summed E-state index contributed by atoms with van der Waals surface area (Å²) in [4.78, 5) is 1.21. The number of thiophene rings is 1. The molecule has 0 fully saturated rings. The fraction of sp³-hybridized carbons (Fsp3) is 0.286. The van der Waals surface area contributed by atoms with Gasteiger partial charge in [-0.05, 0) is 73.9 Å². The SMILES string of the molecule is NNC(c1ccc2c(c1)CCC2)c1cc(Br)c(Br)s1. The first-order valence-electron chi connectivity index (χ1n) is 6.21. The van der Waals surface area contributed by atoms with Crippen LogP contribution in [0, 0.1) is 0 Å². The molecule has 2 nitrogen and oxygen atoms in total. The van der Waals surface area contributed by atoms with E-state index in [4.69, 9.17) is 5.84 Å². The maximum absolute atomic E-state index is 5.77. The van der Waals surface area contributed by atoms with E-state index in [-0.39, 0.29) is 6.04 Å². The highest BCUT2D eigenvalue weighted by atomic mass is 79.9. The quantitative estimate of drug-likeness (QED) is 0.593. The van der Waals surface area contributed by atoms with Crippen LogP contribution in [0.2, 0.25) is 0 Å². The molecule has 3 N–H and O–H groups in total. The number of nitrogens with one attached hydrogen (secondary N) is 1. The Balaban J connectivity index is 1.98. The number of fused-ring (bicyclic) bond motifs is 1. The van der Waals surface area contributed by atoms with E-state index in [1.54, 1.807) is 11.3 Å². The van der Waals surface area contributed by atoms with Gasteiger partial charge in [-0.25, -0.2) is 5.43 Å². The van der Waals surface area contributed by atoms with E-state index < -0.39 is 0 Å². The summed E-state index contributed by atoms with van der Waals surface area (Å²) in [7, 11) is 0. The van der Waals surface area contributed by atoms with Gasteiger partial charge in [0.05, 0.1) is 9.83 Å². The highest BCUT2D eigenvalue weighted by Gasteiger charge is 2.19. The van der Waals surface area contributed by atoms with E-state index in [9.17, 15) is 0 Å². The minimum absolute atomic E-state index is 0.0542. The molecule has 0 aliphatic heterocycles. The number of rotatable bonds is 3. The molecule has 0 saturated carbocycles. The molecule has 0 amide bonds. The van der Waals surface area contributed by atoms with E-state index >= 15 is 0 Å². The average Bonchev–Trinajstić information content (AvgIpc) is 2.98. The van der Waals surface area contributed by atoms with Crippen molar-refractivity contribution in [3.05, 3.63) is 54.1 Å². The molecule has 1 aliphatic carbocycles. The molecule has 0 spiro atoms. The maximum atomic E-state index is 5.77. The van der Waals surface area contributed by atoms with Crippen LogP contribution >= 0.6 is 43.2 Å². The van der Waals surface area contributed by atoms with E-state index in [1.165, 1.54) is 40.8 Å². The molecule has 1 aliphatic rings. The lowest BCUT2D eigenvalue weighted by molar-refractivity contribution is 0.646. The lowest BCUT2D eigenvalue weighted by Gasteiger charge is -2.16. The van der Waals surface area contributed by atoms with E-state index in [0.717, 1.165) is 8.26 Å². The standard InChI is InChI=1S/C14H14Br2N2S/c15-11-7-12(19-14(11)16)13(18-17)10-5-4-8-2-1-3-9(8)6-10/h4-7,13,18H,1-3,17H2. The third-order valence-corrected chi connectivity index (χ3v) is 6.89. The molecule has 1 aromatic heterocycles. The van der Waals surface area contributed by atoms with Crippen molar-refractivity contribution in [3.8, 4) is 0 Å². The normalized spacial score (nSPS) is 15.5. The molecule has 0 radical (unpaired) electrons. The van der Waals surface area contributed by atoms with Crippen LogP contribution in [0.5, 0.6) is 0 Å². The minimum atomic E-state index is 0.0542. The van der Waals surface area contributed by atoms with Gasteiger partial charge in [-0.15, -0.1) is 11.3 Å². The Kier molecular flexibility index (Phi) is 4.10. The van der Waals surface area contributed by atoms with Gasteiger partial charge in [-0.1, -0.05) is 18.2 Å². The molecule has 100 valence electrons. The minimum Gasteiger partial charge on any atom is -0.271 e. The fourth-order valence-electron chi connectivity index (χ4n) is 2.62. The summed E-state index contributed by atoms with van der Waals surface area (Å²) < 4.78 is 2.18. The smallest absolute Gasteiger partial charge is 0.0843 e. The molecular formula is C14H14Br2N2S. The Morgan fingerprint density at radius 2 is 1.95 bits per heavy atom. The molecule has 1 unspecified atom stereocenters. The first kappa shape index (κ1) is 13.8. The van der Waals surface area contributed by atoms with Crippen LogP contribution in [-0.2, 0) is 12.8 Å². The van der Waals surface area contributed by atoms with Gasteiger partial charge in [-0.3, -0.25) is 5.84 Å². The van der Waals surface area contributed by atoms with Crippen molar-refractivity contribution < 1.29 is 0 Å². The predicted molar refractivity (Wildman–Crippen MR) is 87.4 cm³/mol. The molecular weight excluding hydrogens is 388 g/mol. The van der Waals surface area contributed by atoms with Crippen molar-refractivity contribution in [1.82, 2.24) is 5.43 Å². The number of halogens is 2. The first-order chi connectivity index (χ1) is 9.19. The van der Waals surface area contributed by atoms with E-state index in [0.29, 0.717) is 0 Å². The van der Waals surface area contributed by atoms with Crippen molar-refractivity contribution >= 4 is 43.2 Å². The van der Waals surface area contributed by atoms with Crippen LogP contribution < -0.4 is 11.3 Å². The summed E-state index contributed by atoms with van der Waals surface area (Å²) in [5.41, 5.74) is 7.15. The summed E-state index contributed by atoms with van der Waals surface area (Å²) >= 11 is 8.77. The first-order valence-corrected chi connectivity index (χ1v) is 8.62. The molecule has 1 atom stereocenters.